The minimum Gasteiger partial charge on any atom is -0.398 e. The Hall–Kier alpha value is -3.34. The van der Waals surface area contributed by atoms with E-state index >= 15 is 0 Å². The summed E-state index contributed by atoms with van der Waals surface area (Å²) in [5.74, 6) is -0.614. The largest absolute Gasteiger partial charge is 0.398 e. The van der Waals surface area contributed by atoms with Gasteiger partial charge in [0.15, 0.2) is 6.29 Å². The molecule has 0 aliphatic heterocycles. The van der Waals surface area contributed by atoms with Crippen LogP contribution in [-0.4, -0.2) is 29.8 Å². The van der Waals surface area contributed by atoms with Gasteiger partial charge in [-0.1, -0.05) is 12.1 Å². The monoisotopic (exact) mass is 421 g/mol. The number of hydrogen-bond donors (Lipinski definition) is 2. The van der Waals surface area contributed by atoms with E-state index in [1.807, 2.05) is 12.1 Å². The summed E-state index contributed by atoms with van der Waals surface area (Å²) in [7, 11) is 0. The zero-order valence-electron chi connectivity index (χ0n) is 16.5. The topological polar surface area (TPSA) is 99.5 Å². The molecular formula is C23H20FN3O2S. The molecule has 0 radical (unpaired) electrons. The number of aldehydes is 1. The van der Waals surface area contributed by atoms with Crippen LogP contribution in [0.2, 0.25) is 0 Å². The third-order valence-electron chi connectivity index (χ3n) is 4.33. The molecule has 30 heavy (non-hydrogen) atoms. The summed E-state index contributed by atoms with van der Waals surface area (Å²) in [6, 6.07) is 13.3. The first-order chi connectivity index (χ1) is 14.2. The first-order valence-electron chi connectivity index (χ1n) is 9.13. The molecule has 2 aromatic carbocycles. The average Bonchev–Trinajstić information content (AvgIpc) is 3.13. The molecule has 0 aliphatic rings. The standard InChI is InChI=1S/C23H20FN3O2S/c1-23(2,29)13-27-11-17-7-15(5-6-21(17)26)22-19(9-18(12-28)30-22)14-3-4-16(10-25)20(24)8-14/h3-9,11-12,29H,13,26H2,1-2H3. The number of nitrogen functional groups attached to an aromatic ring is 1. The van der Waals surface area contributed by atoms with Crippen molar-refractivity contribution in [1.29, 1.82) is 5.26 Å². The van der Waals surface area contributed by atoms with Crippen LogP contribution < -0.4 is 5.73 Å². The molecule has 152 valence electrons. The van der Waals surface area contributed by atoms with Gasteiger partial charge in [-0.15, -0.1) is 11.3 Å². The first-order valence-corrected chi connectivity index (χ1v) is 9.94. The van der Waals surface area contributed by atoms with Crippen molar-refractivity contribution >= 4 is 29.5 Å². The smallest absolute Gasteiger partial charge is 0.160 e. The molecule has 0 unspecified atom stereocenters. The van der Waals surface area contributed by atoms with Gasteiger partial charge in [-0.2, -0.15) is 5.26 Å². The molecular weight excluding hydrogens is 401 g/mol. The maximum absolute atomic E-state index is 14.2. The zero-order chi connectivity index (χ0) is 21.9. The Balaban J connectivity index is 2.07. The lowest BCUT2D eigenvalue weighted by molar-refractivity contribution is 0.0905. The Kier molecular flexibility index (Phi) is 6.11. The highest BCUT2D eigenvalue weighted by Gasteiger charge is 2.16. The minimum absolute atomic E-state index is 0.0380. The number of hydrogen-bond acceptors (Lipinski definition) is 6. The van der Waals surface area contributed by atoms with Crippen molar-refractivity contribution in [2.24, 2.45) is 4.99 Å². The third-order valence-corrected chi connectivity index (χ3v) is 5.43. The second-order valence-electron chi connectivity index (χ2n) is 7.44. The van der Waals surface area contributed by atoms with Crippen LogP contribution in [0.3, 0.4) is 0 Å². The second-order valence-corrected chi connectivity index (χ2v) is 8.53. The van der Waals surface area contributed by atoms with E-state index < -0.39 is 11.4 Å². The molecule has 0 saturated heterocycles. The van der Waals surface area contributed by atoms with E-state index in [1.165, 1.54) is 23.5 Å². The Labute approximate surface area is 177 Å². The Morgan fingerprint density at radius 3 is 2.60 bits per heavy atom. The molecule has 3 N–H and O–H groups in total. The van der Waals surface area contributed by atoms with Crippen molar-refractivity contribution in [2.45, 2.75) is 19.4 Å². The quantitative estimate of drug-likeness (QED) is 0.343. The number of aliphatic hydroxyl groups is 1. The van der Waals surface area contributed by atoms with Crippen molar-refractivity contribution in [3.8, 4) is 27.6 Å². The van der Waals surface area contributed by atoms with Gasteiger partial charge in [0, 0.05) is 27.9 Å². The van der Waals surface area contributed by atoms with Crippen LogP contribution >= 0.6 is 11.3 Å². The number of carbonyl (C=O) groups excluding carboxylic acids is 1. The van der Waals surface area contributed by atoms with Crippen LogP contribution in [0.15, 0.2) is 47.5 Å². The number of nitrogens with zero attached hydrogens (tertiary/aromatic N) is 2. The maximum Gasteiger partial charge on any atom is 0.160 e. The fraction of sp³-hybridized carbons (Fsp3) is 0.174. The van der Waals surface area contributed by atoms with Gasteiger partial charge >= 0.3 is 0 Å². The molecule has 7 heteroatoms. The number of halogens is 1. The van der Waals surface area contributed by atoms with E-state index in [0.29, 0.717) is 27.3 Å². The van der Waals surface area contributed by atoms with Crippen LogP contribution in [0, 0.1) is 17.1 Å². The molecule has 0 fully saturated rings. The highest BCUT2D eigenvalue weighted by Crippen LogP contribution is 2.40. The number of thiophene rings is 1. The third kappa shape index (κ3) is 4.79. The fourth-order valence-electron chi connectivity index (χ4n) is 2.87. The van der Waals surface area contributed by atoms with E-state index in [-0.39, 0.29) is 12.1 Å². The zero-order valence-corrected chi connectivity index (χ0v) is 17.3. The van der Waals surface area contributed by atoms with Crippen LogP contribution in [0.25, 0.3) is 21.6 Å². The lowest BCUT2D eigenvalue weighted by Crippen LogP contribution is -2.22. The number of nitrogens with two attached hydrogens (primary N) is 1. The summed E-state index contributed by atoms with van der Waals surface area (Å²) in [6.45, 7) is 3.56. The molecule has 0 saturated carbocycles. The van der Waals surface area contributed by atoms with Crippen molar-refractivity contribution in [2.75, 3.05) is 12.3 Å². The summed E-state index contributed by atoms with van der Waals surface area (Å²) in [5.41, 5.74) is 8.35. The van der Waals surface area contributed by atoms with Crippen molar-refractivity contribution in [3.63, 3.8) is 0 Å². The summed E-state index contributed by atoms with van der Waals surface area (Å²) in [6.07, 6.45) is 2.35. The van der Waals surface area contributed by atoms with E-state index in [0.717, 1.165) is 16.7 Å². The van der Waals surface area contributed by atoms with Crippen molar-refractivity contribution < 1.29 is 14.3 Å². The van der Waals surface area contributed by atoms with Crippen LogP contribution in [0.5, 0.6) is 0 Å². The number of carbonyl (C=O) groups is 1. The van der Waals surface area contributed by atoms with Gasteiger partial charge < -0.3 is 10.8 Å². The predicted molar refractivity (Wildman–Crippen MR) is 118 cm³/mol. The Morgan fingerprint density at radius 2 is 1.97 bits per heavy atom. The molecule has 0 spiro atoms. The van der Waals surface area contributed by atoms with E-state index in [1.54, 1.807) is 44.3 Å². The summed E-state index contributed by atoms with van der Waals surface area (Å²) in [4.78, 5) is 16.9. The van der Waals surface area contributed by atoms with Gasteiger partial charge in [-0.25, -0.2) is 4.39 Å². The molecule has 3 aromatic rings. The van der Waals surface area contributed by atoms with Gasteiger partial charge in [-0.05, 0) is 55.3 Å². The highest BCUT2D eigenvalue weighted by atomic mass is 32.1. The van der Waals surface area contributed by atoms with Gasteiger partial charge in [0.2, 0.25) is 0 Å². The molecule has 1 aromatic heterocycles. The molecule has 0 bridgehead atoms. The molecule has 1 heterocycles. The van der Waals surface area contributed by atoms with Gasteiger partial charge in [0.1, 0.15) is 11.9 Å². The predicted octanol–water partition coefficient (Wildman–Crippen LogP) is 4.68. The lowest BCUT2D eigenvalue weighted by atomic mass is 9.99. The summed E-state index contributed by atoms with van der Waals surface area (Å²) >= 11 is 1.29. The molecule has 3 rings (SSSR count). The number of nitriles is 1. The van der Waals surface area contributed by atoms with E-state index in [4.69, 9.17) is 11.0 Å². The average molecular weight is 421 g/mol. The van der Waals surface area contributed by atoms with Gasteiger partial charge in [0.25, 0.3) is 0 Å². The van der Waals surface area contributed by atoms with Gasteiger partial charge in [-0.3, -0.25) is 9.79 Å². The summed E-state index contributed by atoms with van der Waals surface area (Å²) in [5, 5.41) is 18.8. The Morgan fingerprint density at radius 1 is 1.23 bits per heavy atom. The SMILES string of the molecule is CC(C)(O)CN=Cc1cc(-c2sc(C=O)cc2-c2ccc(C#N)c(F)c2)ccc1N. The summed E-state index contributed by atoms with van der Waals surface area (Å²) < 4.78 is 14.2. The number of rotatable bonds is 6. The van der Waals surface area contributed by atoms with Crippen molar-refractivity contribution in [1.82, 2.24) is 0 Å². The maximum atomic E-state index is 14.2. The second kappa shape index (κ2) is 8.57. The normalized spacial score (nSPS) is 11.6. The molecule has 0 amide bonds. The van der Waals surface area contributed by atoms with Crippen LogP contribution in [0.1, 0.15) is 34.6 Å². The molecule has 5 nitrogen and oxygen atoms in total. The first kappa shape index (κ1) is 21.4. The van der Waals surface area contributed by atoms with Crippen LogP contribution in [-0.2, 0) is 0 Å². The number of benzene rings is 2. The van der Waals surface area contributed by atoms with Crippen molar-refractivity contribution in [3.05, 3.63) is 64.3 Å². The lowest BCUT2D eigenvalue weighted by Gasteiger charge is -2.13. The fourth-order valence-corrected chi connectivity index (χ4v) is 3.86. The number of anilines is 1. The van der Waals surface area contributed by atoms with E-state index in [2.05, 4.69) is 4.99 Å². The molecule has 0 aliphatic carbocycles. The number of aliphatic imine (C=N–C) groups is 1. The Bertz CT molecular complexity index is 1170. The van der Waals surface area contributed by atoms with Crippen LogP contribution in [0.4, 0.5) is 10.1 Å². The van der Waals surface area contributed by atoms with E-state index in [9.17, 15) is 14.3 Å². The minimum atomic E-state index is -0.928. The highest BCUT2D eigenvalue weighted by molar-refractivity contribution is 7.17. The van der Waals surface area contributed by atoms with Gasteiger partial charge in [0.05, 0.1) is 22.6 Å². The molecule has 0 atom stereocenters.